The summed E-state index contributed by atoms with van der Waals surface area (Å²) in [5.74, 6) is 0. The van der Waals surface area contributed by atoms with Crippen LogP contribution in [0.5, 0.6) is 0 Å². The quantitative estimate of drug-likeness (QED) is 0.789. The molecule has 0 fully saturated rings. The minimum atomic E-state index is -0.589. The van der Waals surface area contributed by atoms with Crippen molar-refractivity contribution >= 4 is 34.5 Å². The summed E-state index contributed by atoms with van der Waals surface area (Å²) in [5.41, 5.74) is 0.958. The lowest BCUT2D eigenvalue weighted by atomic mass is 9.97. The number of nitriles is 1. The summed E-state index contributed by atoms with van der Waals surface area (Å²) in [5, 5.41) is 12.8. The molecule has 0 amide bonds. The fourth-order valence-electron chi connectivity index (χ4n) is 1.43. The van der Waals surface area contributed by atoms with Crippen LogP contribution in [0, 0.1) is 11.3 Å². The van der Waals surface area contributed by atoms with E-state index in [-0.39, 0.29) is 0 Å². The zero-order valence-electron chi connectivity index (χ0n) is 9.87. The van der Waals surface area contributed by atoms with Crippen molar-refractivity contribution in [2.24, 2.45) is 0 Å². The normalized spacial score (nSPS) is 11.3. The van der Waals surface area contributed by atoms with Crippen LogP contribution in [0.3, 0.4) is 0 Å². The van der Waals surface area contributed by atoms with Gasteiger partial charge in [0.05, 0.1) is 21.8 Å². The van der Waals surface area contributed by atoms with E-state index in [9.17, 15) is 0 Å². The maximum absolute atomic E-state index is 9.10. The molecular weight excluding hydrogens is 287 g/mol. The molecule has 0 N–H and O–H groups in total. The number of halogens is 2. The van der Waals surface area contributed by atoms with Gasteiger partial charge in [-0.1, -0.05) is 35.3 Å². The Kier molecular flexibility index (Phi) is 3.63. The van der Waals surface area contributed by atoms with Crippen molar-refractivity contribution in [1.82, 2.24) is 4.98 Å². The van der Waals surface area contributed by atoms with Gasteiger partial charge in [0, 0.05) is 10.9 Å². The van der Waals surface area contributed by atoms with E-state index >= 15 is 0 Å². The Hall–Kier alpha value is -1.08. The average Bonchev–Trinajstić information content (AvgIpc) is 2.82. The highest BCUT2D eigenvalue weighted by Crippen LogP contribution is 2.36. The molecule has 0 unspecified atom stereocenters. The zero-order chi connectivity index (χ0) is 13.3. The van der Waals surface area contributed by atoms with Gasteiger partial charge < -0.3 is 0 Å². The average molecular weight is 297 g/mol. The van der Waals surface area contributed by atoms with Crippen molar-refractivity contribution in [2.75, 3.05) is 0 Å². The highest BCUT2D eigenvalue weighted by Gasteiger charge is 2.24. The van der Waals surface area contributed by atoms with E-state index in [0.29, 0.717) is 10.0 Å². The molecule has 0 atom stereocenters. The molecule has 0 aliphatic carbocycles. The topological polar surface area (TPSA) is 36.7 Å². The van der Waals surface area contributed by atoms with E-state index in [1.165, 1.54) is 11.3 Å². The summed E-state index contributed by atoms with van der Waals surface area (Å²) >= 11 is 13.6. The van der Waals surface area contributed by atoms with Crippen LogP contribution in [0.4, 0.5) is 0 Å². The fraction of sp³-hybridized carbons (Fsp3) is 0.231. The standard InChI is InChI=1S/C13H10Cl2N2S/c1-13(2,7-16)12-17-10(6-18-12)8-4-3-5-9(14)11(8)15/h3-6H,1-2H3. The Balaban J connectivity index is 2.49. The molecule has 0 spiro atoms. The van der Waals surface area contributed by atoms with Crippen molar-refractivity contribution in [3.8, 4) is 17.3 Å². The smallest absolute Gasteiger partial charge is 0.113 e. The molecule has 1 heterocycles. The first kappa shape index (κ1) is 13.4. The molecule has 0 radical (unpaired) electrons. The number of rotatable bonds is 2. The Morgan fingerprint density at radius 1 is 1.33 bits per heavy atom. The second kappa shape index (κ2) is 4.89. The lowest BCUT2D eigenvalue weighted by Gasteiger charge is -2.10. The second-order valence-corrected chi connectivity index (χ2v) is 6.02. The molecule has 0 aliphatic heterocycles. The van der Waals surface area contributed by atoms with Crippen LogP contribution in [0.25, 0.3) is 11.3 Å². The van der Waals surface area contributed by atoms with E-state index < -0.39 is 5.41 Å². The summed E-state index contributed by atoms with van der Waals surface area (Å²) in [6.07, 6.45) is 0. The number of aromatic nitrogens is 1. The van der Waals surface area contributed by atoms with E-state index in [1.54, 1.807) is 6.07 Å². The third-order valence-electron chi connectivity index (χ3n) is 2.55. The second-order valence-electron chi connectivity index (χ2n) is 4.38. The van der Waals surface area contributed by atoms with Gasteiger partial charge in [-0.2, -0.15) is 5.26 Å². The van der Waals surface area contributed by atoms with E-state index in [2.05, 4.69) is 11.1 Å². The predicted molar refractivity (Wildman–Crippen MR) is 76.2 cm³/mol. The van der Waals surface area contributed by atoms with E-state index in [1.807, 2.05) is 31.4 Å². The fourth-order valence-corrected chi connectivity index (χ4v) is 2.73. The van der Waals surface area contributed by atoms with Crippen LogP contribution >= 0.6 is 34.5 Å². The van der Waals surface area contributed by atoms with Gasteiger partial charge in [-0.05, 0) is 19.9 Å². The van der Waals surface area contributed by atoms with E-state index in [4.69, 9.17) is 28.5 Å². The van der Waals surface area contributed by atoms with Gasteiger partial charge in [0.2, 0.25) is 0 Å². The van der Waals surface area contributed by atoms with Crippen molar-refractivity contribution < 1.29 is 0 Å². The first-order valence-corrected chi connectivity index (χ1v) is 6.91. The third kappa shape index (κ3) is 2.37. The van der Waals surface area contributed by atoms with Gasteiger partial charge in [0.1, 0.15) is 10.4 Å². The minimum Gasteiger partial charge on any atom is -0.239 e. The number of benzene rings is 1. The maximum atomic E-state index is 9.10. The summed E-state index contributed by atoms with van der Waals surface area (Å²) < 4.78 is 0. The Morgan fingerprint density at radius 3 is 2.72 bits per heavy atom. The molecule has 2 aromatic rings. The Labute approximate surface area is 120 Å². The molecule has 1 aromatic carbocycles. The molecular formula is C13H10Cl2N2S. The first-order chi connectivity index (χ1) is 8.45. The molecule has 2 nitrogen and oxygen atoms in total. The van der Waals surface area contributed by atoms with Crippen molar-refractivity contribution in [3.63, 3.8) is 0 Å². The van der Waals surface area contributed by atoms with Crippen LogP contribution in [-0.4, -0.2) is 4.98 Å². The highest BCUT2D eigenvalue weighted by molar-refractivity contribution is 7.10. The van der Waals surface area contributed by atoms with Crippen LogP contribution in [0.1, 0.15) is 18.9 Å². The summed E-state index contributed by atoms with van der Waals surface area (Å²) in [7, 11) is 0. The van der Waals surface area contributed by atoms with Crippen molar-refractivity contribution in [1.29, 1.82) is 5.26 Å². The molecule has 5 heteroatoms. The monoisotopic (exact) mass is 296 g/mol. The van der Waals surface area contributed by atoms with Crippen LogP contribution < -0.4 is 0 Å². The molecule has 2 rings (SSSR count). The van der Waals surface area contributed by atoms with Gasteiger partial charge >= 0.3 is 0 Å². The van der Waals surface area contributed by atoms with E-state index in [0.717, 1.165) is 16.3 Å². The summed E-state index contributed by atoms with van der Waals surface area (Å²) in [4.78, 5) is 4.48. The Morgan fingerprint density at radius 2 is 2.06 bits per heavy atom. The molecule has 0 saturated heterocycles. The molecule has 18 heavy (non-hydrogen) atoms. The highest BCUT2D eigenvalue weighted by atomic mass is 35.5. The van der Waals surface area contributed by atoms with Crippen LogP contribution in [0.15, 0.2) is 23.6 Å². The van der Waals surface area contributed by atoms with Gasteiger partial charge in [-0.15, -0.1) is 11.3 Å². The van der Waals surface area contributed by atoms with Gasteiger partial charge in [-0.25, -0.2) is 4.98 Å². The first-order valence-electron chi connectivity index (χ1n) is 5.27. The minimum absolute atomic E-state index is 0.491. The number of nitrogens with zero attached hydrogens (tertiary/aromatic N) is 2. The maximum Gasteiger partial charge on any atom is 0.113 e. The molecule has 92 valence electrons. The molecule has 1 aromatic heterocycles. The van der Waals surface area contributed by atoms with Gasteiger partial charge in [0.15, 0.2) is 0 Å². The lowest BCUT2D eigenvalue weighted by Crippen LogP contribution is -2.13. The summed E-state index contributed by atoms with van der Waals surface area (Å²) in [6.45, 7) is 3.68. The van der Waals surface area contributed by atoms with Gasteiger partial charge in [-0.3, -0.25) is 0 Å². The van der Waals surface area contributed by atoms with Gasteiger partial charge in [0.25, 0.3) is 0 Å². The molecule has 0 aliphatic rings. The summed E-state index contributed by atoms with van der Waals surface area (Å²) in [6, 6.07) is 7.67. The Bertz CT molecular complexity index is 626. The predicted octanol–water partition coefficient (Wildman–Crippen LogP) is 4.92. The number of hydrogen-bond donors (Lipinski definition) is 0. The lowest BCUT2D eigenvalue weighted by molar-refractivity contribution is 0.680. The van der Waals surface area contributed by atoms with Crippen molar-refractivity contribution in [2.45, 2.75) is 19.3 Å². The van der Waals surface area contributed by atoms with Crippen LogP contribution in [0.2, 0.25) is 10.0 Å². The molecule has 0 bridgehead atoms. The van der Waals surface area contributed by atoms with Crippen molar-refractivity contribution in [3.05, 3.63) is 38.6 Å². The number of thiazole rings is 1. The zero-order valence-corrected chi connectivity index (χ0v) is 12.2. The molecule has 0 saturated carbocycles. The third-order valence-corrected chi connectivity index (χ3v) is 4.53. The largest absolute Gasteiger partial charge is 0.239 e. The van der Waals surface area contributed by atoms with Crippen LogP contribution in [-0.2, 0) is 5.41 Å². The SMILES string of the molecule is CC(C)(C#N)c1nc(-c2cccc(Cl)c2Cl)cs1. The number of hydrogen-bond acceptors (Lipinski definition) is 3.